The number of carbonyl (C=O) groups is 1. The molecule has 0 aromatic carbocycles. The molecule has 4 nitrogen and oxygen atoms in total. The molecule has 2 rings (SSSR count). The van der Waals surface area contributed by atoms with Gasteiger partial charge in [0.1, 0.15) is 5.69 Å². The van der Waals surface area contributed by atoms with E-state index in [1.807, 2.05) is 0 Å². The Bertz CT molecular complexity index is 478. The average molecular weight is 197 g/mol. The van der Waals surface area contributed by atoms with E-state index in [9.17, 15) is 4.79 Å². The summed E-state index contributed by atoms with van der Waals surface area (Å²) < 4.78 is 0. The first-order chi connectivity index (χ1) is 6.20. The highest BCUT2D eigenvalue weighted by Gasteiger charge is 2.14. The van der Waals surface area contributed by atoms with Gasteiger partial charge >= 0.3 is 5.97 Å². The van der Waals surface area contributed by atoms with E-state index in [0.29, 0.717) is 10.9 Å². The Kier molecular flexibility index (Phi) is 1.70. The summed E-state index contributed by atoms with van der Waals surface area (Å²) in [6.07, 6.45) is 3.10. The zero-order valence-electron chi connectivity index (χ0n) is 6.41. The zero-order chi connectivity index (χ0) is 9.42. The lowest BCUT2D eigenvalue weighted by atomic mass is 10.3. The molecule has 0 radical (unpaired) electrons. The molecular weight excluding hydrogens is 192 g/mol. The molecule has 0 unspecified atom stereocenters. The molecule has 13 heavy (non-hydrogen) atoms. The minimum atomic E-state index is -1.07. The van der Waals surface area contributed by atoms with Crippen molar-refractivity contribution in [1.29, 1.82) is 0 Å². The van der Waals surface area contributed by atoms with Crippen LogP contribution < -0.4 is 0 Å². The summed E-state index contributed by atoms with van der Waals surface area (Å²) in [7, 11) is 0. The minimum absolute atomic E-state index is 0.00432. The standard InChI is InChI=1S/C8H5ClN2O2/c9-6-4-3-10-2-1-5(4)11-7(6)8(12)13/h1-3,11H,(H,12,13). The predicted molar refractivity (Wildman–Crippen MR) is 48.1 cm³/mol. The van der Waals surface area contributed by atoms with Crippen LogP contribution in [0.5, 0.6) is 0 Å². The number of nitrogens with zero attached hydrogens (tertiary/aromatic N) is 1. The quantitative estimate of drug-likeness (QED) is 0.732. The third kappa shape index (κ3) is 1.15. The van der Waals surface area contributed by atoms with Gasteiger partial charge in [-0.3, -0.25) is 4.98 Å². The fraction of sp³-hybridized carbons (Fsp3) is 0. The number of hydrogen-bond donors (Lipinski definition) is 2. The van der Waals surface area contributed by atoms with Crippen molar-refractivity contribution in [2.24, 2.45) is 0 Å². The number of rotatable bonds is 1. The summed E-state index contributed by atoms with van der Waals surface area (Å²) in [6.45, 7) is 0. The van der Waals surface area contributed by atoms with E-state index in [1.54, 1.807) is 12.3 Å². The zero-order valence-corrected chi connectivity index (χ0v) is 7.17. The van der Waals surface area contributed by atoms with Gasteiger partial charge in [0, 0.05) is 17.8 Å². The second-order valence-corrected chi connectivity index (χ2v) is 2.92. The van der Waals surface area contributed by atoms with Gasteiger partial charge in [0.25, 0.3) is 0 Å². The largest absolute Gasteiger partial charge is 0.477 e. The fourth-order valence-corrected chi connectivity index (χ4v) is 1.43. The monoisotopic (exact) mass is 196 g/mol. The number of nitrogens with one attached hydrogen (secondary N) is 1. The van der Waals surface area contributed by atoms with Crippen LogP contribution >= 0.6 is 11.6 Å². The molecule has 2 aromatic heterocycles. The van der Waals surface area contributed by atoms with Gasteiger partial charge in [0.05, 0.1) is 10.5 Å². The highest BCUT2D eigenvalue weighted by molar-refractivity contribution is 6.38. The number of hydrogen-bond acceptors (Lipinski definition) is 2. The molecule has 5 heteroatoms. The number of aromatic carboxylic acids is 1. The van der Waals surface area contributed by atoms with E-state index < -0.39 is 5.97 Å². The Balaban J connectivity index is 2.81. The number of aromatic nitrogens is 2. The van der Waals surface area contributed by atoms with Crippen LogP contribution in [0.1, 0.15) is 10.5 Å². The third-order valence-corrected chi connectivity index (χ3v) is 2.14. The molecule has 0 fully saturated rings. The maximum Gasteiger partial charge on any atom is 0.353 e. The van der Waals surface area contributed by atoms with Gasteiger partial charge in [-0.05, 0) is 6.07 Å². The van der Waals surface area contributed by atoms with Crippen LogP contribution in [0.25, 0.3) is 10.9 Å². The van der Waals surface area contributed by atoms with Crippen molar-refractivity contribution in [1.82, 2.24) is 9.97 Å². The first kappa shape index (κ1) is 8.07. The maximum atomic E-state index is 10.7. The molecule has 2 heterocycles. The number of carboxylic acid groups (broad SMARTS) is 1. The number of aromatic amines is 1. The Morgan fingerprint density at radius 3 is 3.00 bits per heavy atom. The molecule has 0 aliphatic carbocycles. The van der Waals surface area contributed by atoms with Crippen molar-refractivity contribution in [3.63, 3.8) is 0 Å². The van der Waals surface area contributed by atoms with Crippen molar-refractivity contribution >= 4 is 28.5 Å². The van der Waals surface area contributed by atoms with Crippen molar-refractivity contribution in [3.05, 3.63) is 29.2 Å². The van der Waals surface area contributed by atoms with Gasteiger partial charge in [0.15, 0.2) is 0 Å². The second-order valence-electron chi connectivity index (χ2n) is 2.54. The third-order valence-electron chi connectivity index (χ3n) is 1.75. The van der Waals surface area contributed by atoms with Crippen molar-refractivity contribution < 1.29 is 9.90 Å². The molecule has 0 aliphatic rings. The molecule has 0 saturated carbocycles. The summed E-state index contributed by atoms with van der Waals surface area (Å²) in [5.74, 6) is -1.07. The van der Waals surface area contributed by atoms with Crippen LogP contribution in [-0.2, 0) is 0 Å². The number of halogens is 1. The normalized spacial score (nSPS) is 10.5. The molecule has 0 saturated heterocycles. The first-order valence-corrected chi connectivity index (χ1v) is 3.92. The van der Waals surface area contributed by atoms with Crippen LogP contribution in [0.15, 0.2) is 18.5 Å². The van der Waals surface area contributed by atoms with E-state index in [2.05, 4.69) is 9.97 Å². The van der Waals surface area contributed by atoms with Crippen LogP contribution in [0.4, 0.5) is 0 Å². The van der Waals surface area contributed by atoms with Crippen molar-refractivity contribution in [2.75, 3.05) is 0 Å². The number of H-pyrrole nitrogens is 1. The molecular formula is C8H5ClN2O2. The number of fused-ring (bicyclic) bond motifs is 1. The van der Waals surface area contributed by atoms with Gasteiger partial charge in [-0.2, -0.15) is 0 Å². The SMILES string of the molecule is O=C(O)c1[nH]c2ccncc2c1Cl. The predicted octanol–water partition coefficient (Wildman–Crippen LogP) is 1.91. The average Bonchev–Trinajstić information content (AvgIpc) is 2.45. The highest BCUT2D eigenvalue weighted by atomic mass is 35.5. The maximum absolute atomic E-state index is 10.7. The van der Waals surface area contributed by atoms with E-state index >= 15 is 0 Å². The summed E-state index contributed by atoms with van der Waals surface area (Å²) in [6, 6.07) is 1.67. The van der Waals surface area contributed by atoms with Crippen LogP contribution in [-0.4, -0.2) is 21.0 Å². The van der Waals surface area contributed by atoms with Gasteiger partial charge in [-0.1, -0.05) is 11.6 Å². The lowest BCUT2D eigenvalue weighted by Gasteiger charge is -1.87. The molecule has 0 atom stereocenters. The fourth-order valence-electron chi connectivity index (χ4n) is 1.15. The number of carboxylic acids is 1. The lowest BCUT2D eigenvalue weighted by Crippen LogP contribution is -1.96. The number of pyridine rings is 1. The van der Waals surface area contributed by atoms with Gasteiger partial charge in [-0.15, -0.1) is 0 Å². The molecule has 0 amide bonds. The Morgan fingerprint density at radius 2 is 2.38 bits per heavy atom. The summed E-state index contributed by atoms with van der Waals surface area (Å²) in [5, 5.41) is 9.56. The van der Waals surface area contributed by atoms with Crippen molar-refractivity contribution in [3.8, 4) is 0 Å². The minimum Gasteiger partial charge on any atom is -0.477 e. The summed E-state index contributed by atoms with van der Waals surface area (Å²) in [4.78, 5) is 17.2. The Labute approximate surface area is 78.2 Å². The van der Waals surface area contributed by atoms with E-state index in [1.165, 1.54) is 6.20 Å². The lowest BCUT2D eigenvalue weighted by molar-refractivity contribution is 0.0692. The summed E-state index contributed by atoms with van der Waals surface area (Å²) in [5.41, 5.74) is 0.682. The highest BCUT2D eigenvalue weighted by Crippen LogP contribution is 2.26. The molecule has 0 aliphatic heterocycles. The van der Waals surface area contributed by atoms with Crippen LogP contribution in [0.3, 0.4) is 0 Å². The topological polar surface area (TPSA) is 66.0 Å². The van der Waals surface area contributed by atoms with Gasteiger partial charge in [-0.25, -0.2) is 4.79 Å². The van der Waals surface area contributed by atoms with E-state index in [0.717, 1.165) is 0 Å². The molecule has 66 valence electrons. The summed E-state index contributed by atoms with van der Waals surface area (Å²) >= 11 is 5.80. The molecule has 2 N–H and O–H groups in total. The Morgan fingerprint density at radius 1 is 1.62 bits per heavy atom. The van der Waals surface area contributed by atoms with Crippen LogP contribution in [0, 0.1) is 0 Å². The molecule has 0 bridgehead atoms. The Hall–Kier alpha value is -1.55. The van der Waals surface area contributed by atoms with Gasteiger partial charge in [0.2, 0.25) is 0 Å². The molecule has 0 spiro atoms. The van der Waals surface area contributed by atoms with E-state index in [4.69, 9.17) is 16.7 Å². The van der Waals surface area contributed by atoms with Gasteiger partial charge < -0.3 is 10.1 Å². The van der Waals surface area contributed by atoms with Crippen molar-refractivity contribution in [2.45, 2.75) is 0 Å². The smallest absolute Gasteiger partial charge is 0.353 e. The first-order valence-electron chi connectivity index (χ1n) is 3.54. The second kappa shape index (κ2) is 2.74. The molecule has 2 aromatic rings. The van der Waals surface area contributed by atoms with E-state index in [-0.39, 0.29) is 10.7 Å². The van der Waals surface area contributed by atoms with Crippen LogP contribution in [0.2, 0.25) is 5.02 Å².